The van der Waals surface area contributed by atoms with Crippen LogP contribution in [-0.2, 0) is 24.0 Å². The number of carbonyl (C=O) groups excluding carboxylic acids is 3. The fraction of sp³-hybridized carbons (Fsp3) is 0.750. The molecule has 0 aliphatic carbocycles. The van der Waals surface area contributed by atoms with E-state index in [0.717, 1.165) is 0 Å². The van der Waals surface area contributed by atoms with Gasteiger partial charge in [0.1, 0.15) is 18.1 Å². The monoisotopic (exact) mass is 474 g/mol. The van der Waals surface area contributed by atoms with Gasteiger partial charge in [0.15, 0.2) is 0 Å². The van der Waals surface area contributed by atoms with Crippen LogP contribution in [0.25, 0.3) is 0 Å². The van der Waals surface area contributed by atoms with Gasteiger partial charge in [0.2, 0.25) is 17.7 Å². The van der Waals surface area contributed by atoms with Gasteiger partial charge in [0.05, 0.1) is 12.5 Å². The second-order valence-corrected chi connectivity index (χ2v) is 8.93. The molecular formula is C20H34N4O7S. The summed E-state index contributed by atoms with van der Waals surface area (Å²) in [5.41, 5.74) is 5.67. The molecule has 0 aromatic rings. The molecule has 0 spiro atoms. The molecule has 1 heterocycles. The summed E-state index contributed by atoms with van der Waals surface area (Å²) < 4.78 is 0. The maximum atomic E-state index is 12.9. The maximum absolute atomic E-state index is 12.9. The largest absolute Gasteiger partial charge is 0.481 e. The van der Waals surface area contributed by atoms with Gasteiger partial charge in [-0.15, -0.1) is 0 Å². The van der Waals surface area contributed by atoms with Crippen LogP contribution in [0, 0.1) is 5.92 Å². The van der Waals surface area contributed by atoms with Crippen LogP contribution in [0.1, 0.15) is 46.0 Å². The molecule has 182 valence electrons. The fourth-order valence-electron chi connectivity index (χ4n) is 3.50. The second kappa shape index (κ2) is 13.3. The topological polar surface area (TPSA) is 179 Å². The van der Waals surface area contributed by atoms with Crippen molar-refractivity contribution >= 4 is 41.4 Å². The van der Waals surface area contributed by atoms with E-state index < -0.39 is 60.2 Å². The highest BCUT2D eigenvalue weighted by Crippen LogP contribution is 2.19. The normalized spacial score (nSPS) is 19.5. The zero-order chi connectivity index (χ0) is 24.4. The third-order valence-electron chi connectivity index (χ3n) is 5.57. The van der Waals surface area contributed by atoms with E-state index in [1.165, 1.54) is 16.7 Å². The Morgan fingerprint density at radius 3 is 2.38 bits per heavy atom. The highest BCUT2D eigenvalue weighted by molar-refractivity contribution is 7.98. The van der Waals surface area contributed by atoms with Crippen molar-refractivity contribution in [3.8, 4) is 0 Å². The molecule has 0 radical (unpaired) electrons. The average Bonchev–Trinajstić information content (AvgIpc) is 3.22. The molecule has 1 fully saturated rings. The Labute approximate surface area is 191 Å². The quantitative estimate of drug-likeness (QED) is 0.238. The number of hydrogen-bond donors (Lipinski definition) is 5. The van der Waals surface area contributed by atoms with Gasteiger partial charge in [0, 0.05) is 6.54 Å². The van der Waals surface area contributed by atoms with Crippen molar-refractivity contribution < 1.29 is 34.2 Å². The number of carboxylic acid groups (broad SMARTS) is 2. The van der Waals surface area contributed by atoms with E-state index in [9.17, 15) is 29.1 Å². The van der Waals surface area contributed by atoms with Gasteiger partial charge in [-0.1, -0.05) is 20.3 Å². The summed E-state index contributed by atoms with van der Waals surface area (Å²) in [4.78, 5) is 61.9. The minimum atomic E-state index is -1.26. The lowest BCUT2D eigenvalue weighted by molar-refractivity contribution is -0.145. The number of rotatable bonds is 13. The molecule has 1 rings (SSSR count). The van der Waals surface area contributed by atoms with Gasteiger partial charge in [-0.3, -0.25) is 19.2 Å². The van der Waals surface area contributed by atoms with Gasteiger partial charge in [-0.05, 0) is 37.2 Å². The first-order valence-electron chi connectivity index (χ1n) is 10.6. The van der Waals surface area contributed by atoms with Crippen molar-refractivity contribution in [1.29, 1.82) is 0 Å². The first kappa shape index (κ1) is 27.7. The fourth-order valence-corrected chi connectivity index (χ4v) is 3.97. The summed E-state index contributed by atoms with van der Waals surface area (Å²) in [5.74, 6) is -3.88. The lowest BCUT2D eigenvalue weighted by Crippen LogP contribution is -2.57. The van der Waals surface area contributed by atoms with E-state index >= 15 is 0 Å². The first-order valence-corrected chi connectivity index (χ1v) is 12.0. The van der Waals surface area contributed by atoms with Crippen molar-refractivity contribution in [2.75, 3.05) is 18.6 Å². The smallest absolute Gasteiger partial charge is 0.326 e. The van der Waals surface area contributed by atoms with Gasteiger partial charge < -0.3 is 31.5 Å². The lowest BCUT2D eigenvalue weighted by Gasteiger charge is -2.29. The third kappa shape index (κ3) is 7.97. The lowest BCUT2D eigenvalue weighted by atomic mass is 9.98. The number of likely N-dealkylation sites (tertiary alicyclic amines) is 1. The van der Waals surface area contributed by atoms with E-state index in [2.05, 4.69) is 10.6 Å². The number of nitrogens with two attached hydrogens (primary N) is 1. The van der Waals surface area contributed by atoms with Crippen LogP contribution in [0.3, 0.4) is 0 Å². The predicted octanol–water partition coefficient (Wildman–Crippen LogP) is -0.367. The van der Waals surface area contributed by atoms with Crippen molar-refractivity contribution in [3.63, 3.8) is 0 Å². The Hall–Kier alpha value is -2.34. The number of amides is 3. The summed E-state index contributed by atoms with van der Waals surface area (Å²) in [7, 11) is 0. The summed E-state index contributed by atoms with van der Waals surface area (Å²) in [5, 5.41) is 23.5. The van der Waals surface area contributed by atoms with Crippen LogP contribution in [-0.4, -0.2) is 87.5 Å². The van der Waals surface area contributed by atoms with Gasteiger partial charge >= 0.3 is 11.9 Å². The number of nitrogens with zero attached hydrogens (tertiary/aromatic N) is 1. The molecule has 3 amide bonds. The van der Waals surface area contributed by atoms with Crippen molar-refractivity contribution in [1.82, 2.24) is 15.5 Å². The summed E-state index contributed by atoms with van der Waals surface area (Å²) >= 11 is 1.47. The van der Waals surface area contributed by atoms with Gasteiger partial charge in [-0.25, -0.2) is 4.79 Å². The van der Waals surface area contributed by atoms with E-state index in [1.807, 2.05) is 13.2 Å². The Morgan fingerprint density at radius 1 is 1.19 bits per heavy atom. The van der Waals surface area contributed by atoms with E-state index in [4.69, 9.17) is 10.8 Å². The van der Waals surface area contributed by atoms with E-state index in [0.29, 0.717) is 25.0 Å². The molecule has 5 atom stereocenters. The molecule has 0 bridgehead atoms. The summed E-state index contributed by atoms with van der Waals surface area (Å²) in [6.07, 6.45) is 3.03. The molecule has 6 N–H and O–H groups in total. The standard InChI is InChI=1S/C20H34N4O7S/c1-4-11(2)16(20(30)31)23-17(27)13(7-9-32-3)22-18(28)14-6-5-8-24(14)19(29)12(21)10-15(25)26/h11-14,16H,4-10,21H2,1-3H3,(H,22,28)(H,23,27)(H,25,26)(H,30,31). The molecule has 0 aromatic carbocycles. The number of aliphatic carboxylic acids is 2. The van der Waals surface area contributed by atoms with E-state index in [-0.39, 0.29) is 18.9 Å². The Morgan fingerprint density at radius 2 is 1.84 bits per heavy atom. The predicted molar refractivity (Wildman–Crippen MR) is 119 cm³/mol. The van der Waals surface area contributed by atoms with Crippen LogP contribution in [0.4, 0.5) is 0 Å². The highest BCUT2D eigenvalue weighted by atomic mass is 32.2. The molecule has 12 heteroatoms. The molecule has 5 unspecified atom stereocenters. The van der Waals surface area contributed by atoms with Crippen molar-refractivity contribution in [3.05, 3.63) is 0 Å². The number of hydrogen-bond acceptors (Lipinski definition) is 7. The van der Waals surface area contributed by atoms with Gasteiger partial charge in [-0.2, -0.15) is 11.8 Å². The van der Waals surface area contributed by atoms with Crippen LogP contribution in [0.5, 0.6) is 0 Å². The van der Waals surface area contributed by atoms with Crippen LogP contribution >= 0.6 is 11.8 Å². The van der Waals surface area contributed by atoms with Crippen molar-refractivity contribution in [2.45, 2.75) is 70.1 Å². The van der Waals surface area contributed by atoms with E-state index in [1.54, 1.807) is 6.92 Å². The molecule has 11 nitrogen and oxygen atoms in total. The summed E-state index contributed by atoms with van der Waals surface area (Å²) in [6.45, 7) is 3.80. The number of carboxylic acids is 2. The van der Waals surface area contributed by atoms with Crippen LogP contribution < -0.4 is 16.4 Å². The summed E-state index contributed by atoms with van der Waals surface area (Å²) in [6, 6.07) is -4.18. The van der Waals surface area contributed by atoms with Crippen LogP contribution in [0.15, 0.2) is 0 Å². The molecule has 32 heavy (non-hydrogen) atoms. The molecule has 1 aliphatic heterocycles. The minimum Gasteiger partial charge on any atom is -0.481 e. The second-order valence-electron chi connectivity index (χ2n) is 7.95. The van der Waals surface area contributed by atoms with Gasteiger partial charge in [0.25, 0.3) is 0 Å². The van der Waals surface area contributed by atoms with Crippen LogP contribution in [0.2, 0.25) is 0 Å². The molecule has 1 aliphatic rings. The maximum Gasteiger partial charge on any atom is 0.326 e. The third-order valence-corrected chi connectivity index (χ3v) is 6.21. The number of nitrogens with one attached hydrogen (secondary N) is 2. The Bertz CT molecular complexity index is 705. The number of thioether (sulfide) groups is 1. The molecular weight excluding hydrogens is 440 g/mol. The number of carbonyl (C=O) groups is 5. The highest BCUT2D eigenvalue weighted by Gasteiger charge is 2.38. The average molecular weight is 475 g/mol. The minimum absolute atomic E-state index is 0.265. The zero-order valence-corrected chi connectivity index (χ0v) is 19.5. The Balaban J connectivity index is 2.92. The van der Waals surface area contributed by atoms with Crippen molar-refractivity contribution in [2.24, 2.45) is 11.7 Å². The zero-order valence-electron chi connectivity index (χ0n) is 18.7. The SMILES string of the molecule is CCC(C)C(NC(=O)C(CCSC)NC(=O)C1CCCN1C(=O)C(N)CC(=O)O)C(=O)O. The molecule has 0 saturated carbocycles. The first-order chi connectivity index (χ1) is 15.0. The Kier molecular flexibility index (Phi) is 11.5. The molecule has 0 aromatic heterocycles. The molecule has 1 saturated heterocycles.